The van der Waals surface area contributed by atoms with Crippen LogP contribution < -0.4 is 10.2 Å². The molecule has 0 amide bonds. The maximum atomic E-state index is 4.61. The quantitative estimate of drug-likeness (QED) is 0.792. The first-order chi connectivity index (χ1) is 9.58. The Morgan fingerprint density at radius 3 is 2.60 bits per heavy atom. The van der Waals surface area contributed by atoms with E-state index in [2.05, 4.69) is 21.5 Å². The summed E-state index contributed by atoms with van der Waals surface area (Å²) < 4.78 is 3.88. The molecular formula is C14H18N6. The van der Waals surface area contributed by atoms with Gasteiger partial charge in [0.25, 0.3) is 0 Å². The van der Waals surface area contributed by atoms with E-state index >= 15 is 0 Å². The van der Waals surface area contributed by atoms with Crippen LogP contribution in [0.4, 0.5) is 17.5 Å². The van der Waals surface area contributed by atoms with Crippen molar-refractivity contribution in [2.24, 2.45) is 14.1 Å². The topological polar surface area (TPSA) is 50.9 Å². The van der Waals surface area contributed by atoms with Crippen LogP contribution in [0.1, 0.15) is 0 Å². The van der Waals surface area contributed by atoms with E-state index in [1.54, 1.807) is 0 Å². The molecule has 20 heavy (non-hydrogen) atoms. The van der Waals surface area contributed by atoms with Crippen LogP contribution >= 0.6 is 0 Å². The fraction of sp³-hybridized carbons (Fsp3) is 0.286. The zero-order valence-electron chi connectivity index (χ0n) is 12.1. The summed E-state index contributed by atoms with van der Waals surface area (Å²) in [6, 6.07) is 8.08. The zero-order valence-corrected chi connectivity index (χ0v) is 12.1. The van der Waals surface area contributed by atoms with Gasteiger partial charge in [0.1, 0.15) is 11.5 Å². The van der Waals surface area contributed by atoms with Crippen molar-refractivity contribution < 1.29 is 0 Å². The average molecular weight is 270 g/mol. The summed E-state index contributed by atoms with van der Waals surface area (Å²) in [5.41, 5.74) is 3.02. The van der Waals surface area contributed by atoms with Crippen LogP contribution in [0.25, 0.3) is 11.0 Å². The number of rotatable bonds is 3. The number of nitrogens with zero attached hydrogens (tertiary/aromatic N) is 5. The smallest absolute Gasteiger partial charge is 0.208 e. The van der Waals surface area contributed by atoms with Crippen LogP contribution in [0.5, 0.6) is 0 Å². The van der Waals surface area contributed by atoms with Gasteiger partial charge in [0.2, 0.25) is 5.95 Å². The van der Waals surface area contributed by atoms with E-state index in [1.807, 2.05) is 66.7 Å². The number of aromatic nitrogens is 4. The first kappa shape index (κ1) is 12.5. The van der Waals surface area contributed by atoms with Crippen molar-refractivity contribution in [3.05, 3.63) is 30.5 Å². The van der Waals surface area contributed by atoms with Crippen molar-refractivity contribution in [1.29, 1.82) is 0 Å². The molecule has 0 fully saturated rings. The third-order valence-electron chi connectivity index (χ3n) is 3.36. The lowest BCUT2D eigenvalue weighted by molar-refractivity contribution is 0.755. The lowest BCUT2D eigenvalue weighted by atomic mass is 10.3. The summed E-state index contributed by atoms with van der Waals surface area (Å²) in [7, 11) is 7.92. The number of fused-ring (bicyclic) bond motifs is 1. The Kier molecular flexibility index (Phi) is 2.85. The SMILES string of the molecule is CN(C)c1c(Nc2nc3ccccc3n2C)cnn1C. The summed E-state index contributed by atoms with van der Waals surface area (Å²) in [5, 5.41) is 7.65. The minimum absolute atomic E-state index is 0.808. The van der Waals surface area contributed by atoms with E-state index in [0.717, 1.165) is 28.5 Å². The largest absolute Gasteiger partial charge is 0.361 e. The maximum absolute atomic E-state index is 4.61. The predicted octanol–water partition coefficient (Wildman–Crippen LogP) is 2.12. The van der Waals surface area contributed by atoms with E-state index in [9.17, 15) is 0 Å². The van der Waals surface area contributed by atoms with E-state index in [0.29, 0.717) is 0 Å². The van der Waals surface area contributed by atoms with E-state index < -0.39 is 0 Å². The molecule has 6 heteroatoms. The number of aryl methyl sites for hydroxylation is 2. The Morgan fingerprint density at radius 1 is 1.15 bits per heavy atom. The summed E-state index contributed by atoms with van der Waals surface area (Å²) in [5.74, 6) is 1.82. The highest BCUT2D eigenvalue weighted by molar-refractivity contribution is 5.80. The second kappa shape index (κ2) is 4.56. The number of hydrogen-bond donors (Lipinski definition) is 1. The van der Waals surface area contributed by atoms with E-state index in [-0.39, 0.29) is 0 Å². The molecule has 2 heterocycles. The Labute approximate surface area is 117 Å². The van der Waals surface area contributed by atoms with Gasteiger partial charge in [-0.3, -0.25) is 4.68 Å². The lowest BCUT2D eigenvalue weighted by Gasteiger charge is -2.15. The molecule has 0 saturated carbocycles. The fourth-order valence-corrected chi connectivity index (χ4v) is 2.43. The number of nitrogens with one attached hydrogen (secondary N) is 1. The summed E-state index contributed by atoms with van der Waals surface area (Å²) in [6.45, 7) is 0. The second-order valence-corrected chi connectivity index (χ2v) is 5.01. The van der Waals surface area contributed by atoms with Crippen molar-refractivity contribution in [3.8, 4) is 0 Å². The van der Waals surface area contributed by atoms with Gasteiger partial charge < -0.3 is 14.8 Å². The standard InChI is InChI=1S/C14H18N6/c1-18(2)13-11(9-15-20(13)4)17-14-16-10-7-5-6-8-12(10)19(14)3/h5-9H,1-4H3,(H,16,17). The van der Waals surface area contributed by atoms with Gasteiger partial charge in [0.15, 0.2) is 0 Å². The molecule has 1 aromatic carbocycles. The molecule has 0 aliphatic carbocycles. The monoisotopic (exact) mass is 270 g/mol. The van der Waals surface area contributed by atoms with Crippen LogP contribution in [-0.4, -0.2) is 33.4 Å². The van der Waals surface area contributed by atoms with Crippen molar-refractivity contribution in [2.75, 3.05) is 24.3 Å². The summed E-state index contributed by atoms with van der Waals surface area (Å²) >= 11 is 0. The van der Waals surface area contributed by atoms with Crippen LogP contribution in [0.2, 0.25) is 0 Å². The normalized spacial score (nSPS) is 11.0. The third kappa shape index (κ3) is 1.89. The van der Waals surface area contributed by atoms with Gasteiger partial charge in [-0.05, 0) is 12.1 Å². The number of anilines is 3. The molecular weight excluding hydrogens is 252 g/mol. The molecule has 0 atom stereocenters. The van der Waals surface area contributed by atoms with Gasteiger partial charge in [-0.25, -0.2) is 4.98 Å². The second-order valence-electron chi connectivity index (χ2n) is 5.01. The number of para-hydroxylation sites is 2. The van der Waals surface area contributed by atoms with Gasteiger partial charge in [-0.2, -0.15) is 5.10 Å². The minimum atomic E-state index is 0.808. The average Bonchev–Trinajstić information content (AvgIpc) is 2.93. The van der Waals surface area contributed by atoms with Gasteiger partial charge in [-0.1, -0.05) is 12.1 Å². The number of benzene rings is 1. The first-order valence-corrected chi connectivity index (χ1v) is 6.45. The fourth-order valence-electron chi connectivity index (χ4n) is 2.43. The molecule has 3 rings (SSSR count). The Bertz CT molecular complexity index is 752. The number of hydrogen-bond acceptors (Lipinski definition) is 4. The highest BCUT2D eigenvalue weighted by Gasteiger charge is 2.13. The van der Waals surface area contributed by atoms with Gasteiger partial charge >= 0.3 is 0 Å². The van der Waals surface area contributed by atoms with Crippen molar-refractivity contribution in [3.63, 3.8) is 0 Å². The molecule has 3 aromatic rings. The van der Waals surface area contributed by atoms with Crippen molar-refractivity contribution in [1.82, 2.24) is 19.3 Å². The summed E-state index contributed by atoms with van der Waals surface area (Å²) in [4.78, 5) is 6.64. The summed E-state index contributed by atoms with van der Waals surface area (Å²) in [6.07, 6.45) is 1.81. The predicted molar refractivity (Wildman–Crippen MR) is 81.5 cm³/mol. The molecule has 0 unspecified atom stereocenters. The highest BCUT2D eigenvalue weighted by Crippen LogP contribution is 2.27. The molecule has 2 aromatic heterocycles. The molecule has 0 radical (unpaired) electrons. The first-order valence-electron chi connectivity index (χ1n) is 6.45. The van der Waals surface area contributed by atoms with E-state index in [4.69, 9.17) is 0 Å². The zero-order chi connectivity index (χ0) is 14.3. The lowest BCUT2D eigenvalue weighted by Crippen LogP contribution is -2.15. The molecule has 0 aliphatic heterocycles. The van der Waals surface area contributed by atoms with Gasteiger partial charge in [0.05, 0.1) is 17.2 Å². The van der Waals surface area contributed by atoms with Crippen LogP contribution in [0, 0.1) is 0 Å². The minimum Gasteiger partial charge on any atom is -0.361 e. The Hall–Kier alpha value is -2.50. The molecule has 0 saturated heterocycles. The van der Waals surface area contributed by atoms with Crippen LogP contribution in [-0.2, 0) is 14.1 Å². The van der Waals surface area contributed by atoms with Crippen molar-refractivity contribution in [2.45, 2.75) is 0 Å². The molecule has 0 spiro atoms. The van der Waals surface area contributed by atoms with Crippen LogP contribution in [0.15, 0.2) is 30.5 Å². The van der Waals surface area contributed by atoms with E-state index in [1.165, 1.54) is 0 Å². The Balaban J connectivity index is 2.04. The Morgan fingerprint density at radius 2 is 1.90 bits per heavy atom. The van der Waals surface area contributed by atoms with Gasteiger partial charge in [0, 0.05) is 28.2 Å². The van der Waals surface area contributed by atoms with Crippen LogP contribution in [0.3, 0.4) is 0 Å². The maximum Gasteiger partial charge on any atom is 0.208 e. The molecule has 0 bridgehead atoms. The molecule has 1 N–H and O–H groups in total. The molecule has 0 aliphatic rings. The van der Waals surface area contributed by atoms with Gasteiger partial charge in [-0.15, -0.1) is 0 Å². The highest BCUT2D eigenvalue weighted by atomic mass is 15.4. The molecule has 104 valence electrons. The third-order valence-corrected chi connectivity index (χ3v) is 3.36. The van der Waals surface area contributed by atoms with Crippen molar-refractivity contribution >= 4 is 28.5 Å². The molecule has 6 nitrogen and oxygen atoms in total. The number of imidazole rings is 1.